The normalized spacial score (nSPS) is 11.5. The number of anilines is 1. The van der Waals surface area contributed by atoms with Crippen molar-refractivity contribution in [2.24, 2.45) is 0 Å². The number of hydrogen-bond donors (Lipinski definition) is 2. The molecule has 0 unspecified atom stereocenters. The van der Waals surface area contributed by atoms with Gasteiger partial charge in [-0.25, -0.2) is 18.1 Å². The van der Waals surface area contributed by atoms with Crippen LogP contribution in [0.25, 0.3) is 16.7 Å². The molecular weight excluding hydrogens is 424 g/mol. The molecule has 1 aromatic heterocycles. The average Bonchev–Trinajstić information content (AvgIpc) is 3.24. The Morgan fingerprint density at radius 3 is 2.56 bits per heavy atom. The van der Waals surface area contributed by atoms with Gasteiger partial charge in [-0.15, -0.1) is 0 Å². The maximum Gasteiger partial charge on any atom is 0.255 e. The van der Waals surface area contributed by atoms with Crippen molar-refractivity contribution in [1.29, 1.82) is 0 Å². The summed E-state index contributed by atoms with van der Waals surface area (Å²) in [5.41, 5.74) is 3.65. The highest BCUT2D eigenvalue weighted by atomic mass is 32.2. The minimum Gasteiger partial charge on any atom is -0.322 e. The molecule has 0 fully saturated rings. The Kier molecular flexibility index (Phi) is 6.34. The van der Waals surface area contributed by atoms with Crippen LogP contribution in [-0.4, -0.2) is 30.4 Å². The quantitative estimate of drug-likeness (QED) is 0.392. The van der Waals surface area contributed by atoms with E-state index in [0.29, 0.717) is 17.8 Å². The fraction of sp³-hybridized carbons (Fsp3) is 0.167. The zero-order valence-electron chi connectivity index (χ0n) is 17.7. The number of unbranched alkanes of at least 4 members (excludes halogenated alkanes) is 1. The van der Waals surface area contributed by atoms with Gasteiger partial charge in [0.25, 0.3) is 5.91 Å². The summed E-state index contributed by atoms with van der Waals surface area (Å²) in [4.78, 5) is 17.2. The lowest BCUT2D eigenvalue weighted by Crippen LogP contribution is -2.24. The molecule has 1 heterocycles. The number of amides is 1. The maximum absolute atomic E-state index is 12.7. The number of para-hydroxylation sites is 2. The number of aromatic nitrogens is 2. The zero-order chi connectivity index (χ0) is 22.6. The van der Waals surface area contributed by atoms with Crippen LogP contribution in [0.2, 0.25) is 0 Å². The first-order valence-electron chi connectivity index (χ1n) is 10.4. The maximum atomic E-state index is 12.7. The van der Waals surface area contributed by atoms with E-state index in [9.17, 15) is 13.2 Å². The van der Waals surface area contributed by atoms with Crippen LogP contribution < -0.4 is 10.0 Å². The van der Waals surface area contributed by atoms with Crippen molar-refractivity contribution >= 4 is 32.7 Å². The van der Waals surface area contributed by atoms with Crippen LogP contribution in [-0.2, 0) is 10.0 Å². The van der Waals surface area contributed by atoms with Gasteiger partial charge in [0.2, 0.25) is 10.0 Å². The van der Waals surface area contributed by atoms with Crippen molar-refractivity contribution in [3.05, 3.63) is 84.7 Å². The minimum absolute atomic E-state index is 0.119. The van der Waals surface area contributed by atoms with Gasteiger partial charge in [-0.1, -0.05) is 31.5 Å². The van der Waals surface area contributed by atoms with Crippen LogP contribution in [0.1, 0.15) is 30.1 Å². The molecule has 3 aromatic carbocycles. The molecule has 0 saturated heterocycles. The van der Waals surface area contributed by atoms with E-state index < -0.39 is 10.0 Å². The predicted octanol–water partition coefficient (Wildman–Crippen LogP) is 4.36. The molecule has 4 rings (SSSR count). The molecule has 0 spiro atoms. The highest BCUT2D eigenvalue weighted by Crippen LogP contribution is 2.20. The number of benzene rings is 3. The number of nitrogens with zero attached hydrogens (tertiary/aromatic N) is 2. The molecule has 4 aromatic rings. The van der Waals surface area contributed by atoms with Crippen molar-refractivity contribution in [2.45, 2.75) is 24.7 Å². The zero-order valence-corrected chi connectivity index (χ0v) is 18.5. The van der Waals surface area contributed by atoms with Crippen LogP contribution >= 0.6 is 0 Å². The molecule has 32 heavy (non-hydrogen) atoms. The lowest BCUT2D eigenvalue weighted by Gasteiger charge is -2.10. The topological polar surface area (TPSA) is 93.1 Å². The van der Waals surface area contributed by atoms with E-state index in [0.717, 1.165) is 29.6 Å². The van der Waals surface area contributed by atoms with Crippen molar-refractivity contribution in [3.8, 4) is 5.69 Å². The number of hydrogen-bond acceptors (Lipinski definition) is 4. The van der Waals surface area contributed by atoms with Crippen molar-refractivity contribution in [2.75, 3.05) is 11.9 Å². The van der Waals surface area contributed by atoms with E-state index in [2.05, 4.69) is 15.0 Å². The van der Waals surface area contributed by atoms with E-state index in [4.69, 9.17) is 0 Å². The van der Waals surface area contributed by atoms with Gasteiger partial charge in [0.1, 0.15) is 6.33 Å². The van der Waals surface area contributed by atoms with E-state index in [-0.39, 0.29) is 10.8 Å². The Balaban J connectivity index is 1.49. The Hall–Kier alpha value is -3.49. The van der Waals surface area contributed by atoms with Crippen LogP contribution in [0.5, 0.6) is 0 Å². The van der Waals surface area contributed by atoms with E-state index >= 15 is 0 Å². The smallest absolute Gasteiger partial charge is 0.255 e. The summed E-state index contributed by atoms with van der Waals surface area (Å²) in [5.74, 6) is -0.319. The first-order chi connectivity index (χ1) is 15.5. The van der Waals surface area contributed by atoms with Crippen molar-refractivity contribution in [3.63, 3.8) is 0 Å². The largest absolute Gasteiger partial charge is 0.322 e. The highest BCUT2D eigenvalue weighted by molar-refractivity contribution is 7.89. The Bertz CT molecular complexity index is 1350. The minimum atomic E-state index is -3.61. The fourth-order valence-electron chi connectivity index (χ4n) is 3.35. The van der Waals surface area contributed by atoms with Gasteiger partial charge in [-0.3, -0.25) is 9.36 Å². The fourth-order valence-corrected chi connectivity index (χ4v) is 4.47. The molecule has 0 aliphatic carbocycles. The lowest BCUT2D eigenvalue weighted by atomic mass is 10.2. The first kappa shape index (κ1) is 21.7. The number of carbonyl (C=O) groups is 1. The van der Waals surface area contributed by atoms with Crippen molar-refractivity contribution < 1.29 is 13.2 Å². The van der Waals surface area contributed by atoms with Crippen LogP contribution in [0.3, 0.4) is 0 Å². The van der Waals surface area contributed by atoms with Gasteiger partial charge in [0.15, 0.2) is 0 Å². The summed E-state index contributed by atoms with van der Waals surface area (Å²) in [7, 11) is -3.61. The van der Waals surface area contributed by atoms with Gasteiger partial charge in [0.05, 0.1) is 15.9 Å². The van der Waals surface area contributed by atoms with Crippen molar-refractivity contribution in [1.82, 2.24) is 14.3 Å². The Morgan fingerprint density at radius 2 is 1.78 bits per heavy atom. The van der Waals surface area contributed by atoms with Gasteiger partial charge in [-0.2, -0.15) is 0 Å². The summed E-state index contributed by atoms with van der Waals surface area (Å²) >= 11 is 0. The monoisotopic (exact) mass is 448 g/mol. The molecule has 0 atom stereocenters. The molecule has 164 valence electrons. The third-order valence-corrected chi connectivity index (χ3v) is 6.54. The van der Waals surface area contributed by atoms with Gasteiger partial charge in [0, 0.05) is 23.5 Å². The third kappa shape index (κ3) is 4.71. The number of carbonyl (C=O) groups excluding carboxylic acids is 1. The number of sulfonamides is 1. The molecule has 0 radical (unpaired) electrons. The Labute approximate surface area is 187 Å². The molecule has 0 aliphatic heterocycles. The Morgan fingerprint density at radius 1 is 1.00 bits per heavy atom. The van der Waals surface area contributed by atoms with Gasteiger partial charge in [-0.05, 0) is 61.0 Å². The number of nitrogens with one attached hydrogen (secondary N) is 2. The van der Waals surface area contributed by atoms with Gasteiger partial charge >= 0.3 is 0 Å². The summed E-state index contributed by atoms with van der Waals surface area (Å²) in [6.07, 6.45) is 3.41. The number of rotatable bonds is 8. The molecule has 2 N–H and O–H groups in total. The summed E-state index contributed by atoms with van der Waals surface area (Å²) in [6, 6.07) is 21.2. The summed E-state index contributed by atoms with van der Waals surface area (Å²) < 4.78 is 29.4. The molecule has 7 nitrogen and oxygen atoms in total. The predicted molar refractivity (Wildman–Crippen MR) is 126 cm³/mol. The average molecular weight is 449 g/mol. The molecule has 1 amide bonds. The second-order valence-electron chi connectivity index (χ2n) is 7.38. The molecular formula is C24H24N4O3S. The van der Waals surface area contributed by atoms with Crippen LogP contribution in [0.4, 0.5) is 5.69 Å². The highest BCUT2D eigenvalue weighted by Gasteiger charge is 2.15. The SMILES string of the molecule is CCCCNS(=O)(=O)c1cccc(NC(=O)c2ccc(-n3cnc4ccccc43)cc2)c1. The lowest BCUT2D eigenvalue weighted by molar-refractivity contribution is 0.102. The van der Waals surface area contributed by atoms with E-state index in [1.54, 1.807) is 30.6 Å². The second kappa shape index (κ2) is 9.33. The molecule has 0 bridgehead atoms. The van der Waals surface area contributed by atoms with Gasteiger partial charge < -0.3 is 5.32 Å². The number of imidazole rings is 1. The van der Waals surface area contributed by atoms with E-state index in [1.165, 1.54) is 12.1 Å². The first-order valence-corrected chi connectivity index (χ1v) is 11.9. The third-order valence-electron chi connectivity index (χ3n) is 5.09. The van der Waals surface area contributed by atoms with Crippen LogP contribution in [0.15, 0.2) is 84.0 Å². The molecule has 8 heteroatoms. The summed E-state index contributed by atoms with van der Waals surface area (Å²) in [5, 5.41) is 2.77. The number of fused-ring (bicyclic) bond motifs is 1. The summed E-state index contributed by atoms with van der Waals surface area (Å²) in [6.45, 7) is 2.38. The molecule has 0 aliphatic rings. The van der Waals surface area contributed by atoms with Crippen LogP contribution in [0, 0.1) is 0 Å². The van der Waals surface area contributed by atoms with E-state index in [1.807, 2.05) is 47.9 Å². The standard InChI is InChI=1S/C24H24N4O3S/c1-2-3-15-26-32(30,31)21-8-6-7-19(16-21)27-24(29)18-11-13-20(14-12-18)28-17-25-22-9-4-5-10-23(22)28/h4-14,16-17,26H,2-3,15H2,1H3,(H,27,29). The molecule has 0 saturated carbocycles. The second-order valence-corrected chi connectivity index (χ2v) is 9.15.